The maximum absolute atomic E-state index is 5.38. The first-order valence-electron chi connectivity index (χ1n) is 7.50. The van der Waals surface area contributed by atoms with Crippen molar-refractivity contribution in [2.75, 3.05) is 20.3 Å². The average molecular weight is 267 g/mol. The van der Waals surface area contributed by atoms with Crippen molar-refractivity contribution in [1.29, 1.82) is 0 Å². The molecular formula is C15H29N3O. The van der Waals surface area contributed by atoms with Gasteiger partial charge in [-0.3, -0.25) is 4.68 Å². The SMILES string of the molecule is CCOCCCC(Cc1ccn(C(C)CC)n1)NC. The highest BCUT2D eigenvalue weighted by molar-refractivity contribution is 5.02. The zero-order chi connectivity index (χ0) is 14.1. The van der Waals surface area contributed by atoms with Crippen LogP contribution in [0.5, 0.6) is 0 Å². The van der Waals surface area contributed by atoms with Gasteiger partial charge in [0.1, 0.15) is 0 Å². The van der Waals surface area contributed by atoms with Crippen molar-refractivity contribution in [3.63, 3.8) is 0 Å². The molecule has 1 aromatic heterocycles. The van der Waals surface area contributed by atoms with Gasteiger partial charge in [0.15, 0.2) is 0 Å². The Bertz CT molecular complexity index is 338. The summed E-state index contributed by atoms with van der Waals surface area (Å²) in [6.07, 6.45) is 6.44. The smallest absolute Gasteiger partial charge is 0.0640 e. The molecule has 4 nitrogen and oxygen atoms in total. The van der Waals surface area contributed by atoms with Crippen LogP contribution in [0, 0.1) is 0 Å². The lowest BCUT2D eigenvalue weighted by atomic mass is 10.1. The van der Waals surface area contributed by atoms with Crippen molar-refractivity contribution in [1.82, 2.24) is 15.1 Å². The summed E-state index contributed by atoms with van der Waals surface area (Å²) in [5.74, 6) is 0. The van der Waals surface area contributed by atoms with Crippen LogP contribution >= 0.6 is 0 Å². The third-order valence-corrected chi connectivity index (χ3v) is 3.62. The lowest BCUT2D eigenvalue weighted by molar-refractivity contribution is 0.141. The summed E-state index contributed by atoms with van der Waals surface area (Å²) in [4.78, 5) is 0. The number of aromatic nitrogens is 2. The molecule has 0 bridgehead atoms. The summed E-state index contributed by atoms with van der Waals surface area (Å²) >= 11 is 0. The molecule has 0 spiro atoms. The van der Waals surface area contributed by atoms with Crippen LogP contribution in [0.3, 0.4) is 0 Å². The molecule has 0 aromatic carbocycles. The third-order valence-electron chi connectivity index (χ3n) is 3.62. The van der Waals surface area contributed by atoms with Gasteiger partial charge in [-0.1, -0.05) is 6.92 Å². The van der Waals surface area contributed by atoms with Gasteiger partial charge in [0.05, 0.1) is 5.69 Å². The van der Waals surface area contributed by atoms with Crippen LogP contribution < -0.4 is 5.32 Å². The summed E-state index contributed by atoms with van der Waals surface area (Å²) in [5.41, 5.74) is 1.18. The minimum atomic E-state index is 0.486. The Balaban J connectivity index is 2.40. The van der Waals surface area contributed by atoms with Crippen LogP contribution in [0.4, 0.5) is 0 Å². The topological polar surface area (TPSA) is 39.1 Å². The maximum atomic E-state index is 5.38. The molecule has 2 atom stereocenters. The number of nitrogens with one attached hydrogen (secondary N) is 1. The summed E-state index contributed by atoms with van der Waals surface area (Å²) in [7, 11) is 2.02. The van der Waals surface area contributed by atoms with Gasteiger partial charge in [-0.15, -0.1) is 0 Å². The van der Waals surface area contributed by atoms with E-state index in [1.165, 1.54) is 5.69 Å². The zero-order valence-corrected chi connectivity index (χ0v) is 12.9. The number of ether oxygens (including phenoxy) is 1. The van der Waals surface area contributed by atoms with Crippen LogP contribution in [0.25, 0.3) is 0 Å². The Morgan fingerprint density at radius 1 is 1.42 bits per heavy atom. The van der Waals surface area contributed by atoms with Crippen molar-refractivity contribution >= 4 is 0 Å². The van der Waals surface area contributed by atoms with Crippen molar-refractivity contribution in [3.05, 3.63) is 18.0 Å². The Morgan fingerprint density at radius 3 is 2.84 bits per heavy atom. The number of hydrogen-bond acceptors (Lipinski definition) is 3. The maximum Gasteiger partial charge on any atom is 0.0640 e. The molecule has 0 saturated carbocycles. The molecule has 1 heterocycles. The highest BCUT2D eigenvalue weighted by Gasteiger charge is 2.10. The minimum absolute atomic E-state index is 0.486. The fourth-order valence-corrected chi connectivity index (χ4v) is 2.10. The fourth-order valence-electron chi connectivity index (χ4n) is 2.10. The van der Waals surface area contributed by atoms with Crippen LogP contribution in [-0.4, -0.2) is 36.1 Å². The summed E-state index contributed by atoms with van der Waals surface area (Å²) in [6, 6.07) is 3.11. The molecule has 4 heteroatoms. The number of nitrogens with zero attached hydrogens (tertiary/aromatic N) is 2. The van der Waals surface area contributed by atoms with Gasteiger partial charge in [-0.2, -0.15) is 5.10 Å². The van der Waals surface area contributed by atoms with Crippen LogP contribution in [0.1, 0.15) is 51.8 Å². The van der Waals surface area contributed by atoms with Gasteiger partial charge in [-0.05, 0) is 46.2 Å². The fraction of sp³-hybridized carbons (Fsp3) is 0.800. The molecule has 1 N–H and O–H groups in total. The minimum Gasteiger partial charge on any atom is -0.382 e. The van der Waals surface area contributed by atoms with Gasteiger partial charge >= 0.3 is 0 Å². The van der Waals surface area contributed by atoms with Crippen molar-refractivity contribution in [2.24, 2.45) is 0 Å². The van der Waals surface area contributed by atoms with Crippen LogP contribution in [-0.2, 0) is 11.2 Å². The second-order valence-electron chi connectivity index (χ2n) is 5.07. The van der Waals surface area contributed by atoms with E-state index >= 15 is 0 Å². The second kappa shape index (κ2) is 9.10. The van der Waals surface area contributed by atoms with Crippen LogP contribution in [0.15, 0.2) is 12.3 Å². The molecule has 0 amide bonds. The van der Waals surface area contributed by atoms with Crippen LogP contribution in [0.2, 0.25) is 0 Å². The van der Waals surface area contributed by atoms with E-state index < -0.39 is 0 Å². The van der Waals surface area contributed by atoms with Gasteiger partial charge < -0.3 is 10.1 Å². The van der Waals surface area contributed by atoms with E-state index in [1.54, 1.807) is 0 Å². The quantitative estimate of drug-likeness (QED) is 0.663. The average Bonchev–Trinajstić information content (AvgIpc) is 2.89. The molecule has 0 fully saturated rings. The van der Waals surface area contributed by atoms with E-state index in [9.17, 15) is 0 Å². The van der Waals surface area contributed by atoms with Crippen molar-refractivity contribution in [3.8, 4) is 0 Å². The standard InChI is InChI=1S/C15H29N3O/c1-5-13(3)18-10-9-15(17-18)12-14(16-4)8-7-11-19-6-2/h9-10,13-14,16H,5-8,11-12H2,1-4H3. The molecular weight excluding hydrogens is 238 g/mol. The molecule has 110 valence electrons. The first-order chi connectivity index (χ1) is 9.21. The van der Waals surface area contributed by atoms with Gasteiger partial charge in [0.25, 0.3) is 0 Å². The molecule has 19 heavy (non-hydrogen) atoms. The highest BCUT2D eigenvalue weighted by atomic mass is 16.5. The zero-order valence-electron chi connectivity index (χ0n) is 12.9. The van der Waals surface area contributed by atoms with E-state index in [4.69, 9.17) is 4.74 Å². The number of hydrogen-bond donors (Lipinski definition) is 1. The Hall–Kier alpha value is -0.870. The molecule has 0 aliphatic carbocycles. The van der Waals surface area contributed by atoms with Gasteiger partial charge in [-0.25, -0.2) is 0 Å². The Morgan fingerprint density at radius 2 is 2.21 bits per heavy atom. The third kappa shape index (κ3) is 5.74. The largest absolute Gasteiger partial charge is 0.382 e. The number of likely N-dealkylation sites (N-methyl/N-ethyl adjacent to an activating group) is 1. The molecule has 0 aliphatic heterocycles. The van der Waals surface area contributed by atoms with E-state index in [0.717, 1.165) is 38.9 Å². The van der Waals surface area contributed by atoms with E-state index in [1.807, 2.05) is 14.0 Å². The lowest BCUT2D eigenvalue weighted by Crippen LogP contribution is -2.28. The summed E-state index contributed by atoms with van der Waals surface area (Å²) < 4.78 is 7.45. The first kappa shape index (κ1) is 16.2. The van der Waals surface area contributed by atoms with E-state index in [0.29, 0.717) is 12.1 Å². The molecule has 0 radical (unpaired) electrons. The number of rotatable bonds is 10. The highest BCUT2D eigenvalue weighted by Crippen LogP contribution is 2.11. The Labute approximate surface area is 117 Å². The van der Waals surface area contributed by atoms with Gasteiger partial charge in [0.2, 0.25) is 0 Å². The molecule has 1 aromatic rings. The lowest BCUT2D eigenvalue weighted by Gasteiger charge is -2.15. The predicted molar refractivity (Wildman–Crippen MR) is 79.5 cm³/mol. The first-order valence-corrected chi connectivity index (χ1v) is 7.50. The molecule has 0 saturated heterocycles. The van der Waals surface area contributed by atoms with Crippen molar-refractivity contribution in [2.45, 2.75) is 58.5 Å². The second-order valence-corrected chi connectivity index (χ2v) is 5.07. The molecule has 1 rings (SSSR count). The predicted octanol–water partition coefficient (Wildman–Crippen LogP) is 2.80. The Kier molecular flexibility index (Phi) is 7.75. The molecule has 0 aliphatic rings. The normalized spacial score (nSPS) is 14.5. The monoisotopic (exact) mass is 267 g/mol. The molecule has 2 unspecified atom stereocenters. The van der Waals surface area contributed by atoms with Gasteiger partial charge in [0, 0.05) is 37.9 Å². The summed E-state index contributed by atoms with van der Waals surface area (Å²) in [5, 5.41) is 8.03. The van der Waals surface area contributed by atoms with E-state index in [2.05, 4.69) is 41.2 Å². The summed E-state index contributed by atoms with van der Waals surface area (Å²) in [6.45, 7) is 8.10. The van der Waals surface area contributed by atoms with E-state index in [-0.39, 0.29) is 0 Å². The van der Waals surface area contributed by atoms with Crippen molar-refractivity contribution < 1.29 is 4.74 Å².